The van der Waals surface area contributed by atoms with E-state index in [4.69, 9.17) is 15.6 Å². The Balaban J connectivity index is 2.60. The van der Waals surface area contributed by atoms with Crippen LogP contribution in [0, 0.1) is 0 Å². The molecule has 0 aromatic carbocycles. The summed E-state index contributed by atoms with van der Waals surface area (Å²) in [5.74, 6) is 0. The summed E-state index contributed by atoms with van der Waals surface area (Å²) in [6.07, 6.45) is -7.15. The maximum Gasteiger partial charge on any atom is 0.336 e. The smallest absolute Gasteiger partial charge is 0.336 e. The van der Waals surface area contributed by atoms with Gasteiger partial charge in [-0.05, 0) is 0 Å². The molecule has 0 radical (unpaired) electrons. The fraction of sp³-hybridized carbons (Fsp3) is 0.857. The predicted octanol–water partition coefficient (Wildman–Crippen LogP) is -3.61. The fourth-order valence-electron chi connectivity index (χ4n) is 1.28. The minimum atomic E-state index is -1.58. The van der Waals surface area contributed by atoms with E-state index in [9.17, 15) is 20.1 Å². The number of hydrogen-bond acceptors (Lipinski definition) is 7. The van der Waals surface area contributed by atoms with Crippen molar-refractivity contribution in [3.05, 3.63) is 0 Å². The van der Waals surface area contributed by atoms with Gasteiger partial charge in [-0.1, -0.05) is 0 Å². The molecule has 0 spiro atoms. The number of rotatable bonds is 3. The third-order valence-corrected chi connectivity index (χ3v) is 2.12. The first-order valence-electron chi connectivity index (χ1n) is 4.49. The van der Waals surface area contributed by atoms with Crippen LogP contribution in [0.5, 0.6) is 0 Å². The van der Waals surface area contributed by atoms with E-state index < -0.39 is 43.3 Å². The van der Waals surface area contributed by atoms with Gasteiger partial charge in [0.25, 0.3) is 0 Å². The van der Waals surface area contributed by atoms with Crippen LogP contribution < -0.4 is 11.2 Å². The Morgan fingerprint density at radius 1 is 1.31 bits per heavy atom. The Kier molecular flexibility index (Phi) is 4.41. The zero-order valence-electron chi connectivity index (χ0n) is 8.18. The number of carbonyl (C=O) groups excluding carboxylic acids is 1. The first kappa shape index (κ1) is 13.1. The van der Waals surface area contributed by atoms with Crippen molar-refractivity contribution in [3.63, 3.8) is 0 Å². The second-order valence-corrected chi connectivity index (χ2v) is 3.28. The molecule has 1 saturated heterocycles. The molecule has 0 bridgehead atoms. The van der Waals surface area contributed by atoms with E-state index in [1.54, 1.807) is 5.48 Å². The first-order chi connectivity index (χ1) is 7.47. The number of amides is 2. The summed E-state index contributed by atoms with van der Waals surface area (Å²) < 4.78 is 4.88. The van der Waals surface area contributed by atoms with Crippen LogP contribution in [0.2, 0.25) is 0 Å². The van der Waals surface area contributed by atoms with Gasteiger partial charge in [-0.2, -0.15) is 0 Å². The Morgan fingerprint density at radius 3 is 2.44 bits per heavy atom. The Labute approximate surface area is 90.3 Å². The summed E-state index contributed by atoms with van der Waals surface area (Å²) in [4.78, 5) is 14.9. The van der Waals surface area contributed by atoms with E-state index in [0.717, 1.165) is 0 Å². The molecular formula is C7H14N2O7. The van der Waals surface area contributed by atoms with E-state index in [1.807, 2.05) is 0 Å². The minimum absolute atomic E-state index is 0.582. The molecule has 9 nitrogen and oxygen atoms in total. The van der Waals surface area contributed by atoms with Gasteiger partial charge in [-0.15, -0.1) is 0 Å². The van der Waals surface area contributed by atoms with E-state index in [0.29, 0.717) is 0 Å². The molecule has 0 saturated carbocycles. The van der Waals surface area contributed by atoms with E-state index in [-0.39, 0.29) is 0 Å². The van der Waals surface area contributed by atoms with Crippen LogP contribution in [-0.2, 0) is 9.57 Å². The maximum absolute atomic E-state index is 10.3. The van der Waals surface area contributed by atoms with Crippen molar-refractivity contribution in [1.29, 1.82) is 0 Å². The quantitative estimate of drug-likeness (QED) is 0.277. The molecule has 94 valence electrons. The summed E-state index contributed by atoms with van der Waals surface area (Å²) in [7, 11) is 0. The Bertz CT molecular complexity index is 249. The molecule has 1 fully saturated rings. The lowest BCUT2D eigenvalue weighted by Gasteiger charge is -2.38. The van der Waals surface area contributed by atoms with Gasteiger partial charge >= 0.3 is 6.03 Å². The molecule has 1 rings (SSSR count). The van der Waals surface area contributed by atoms with Gasteiger partial charge in [0.2, 0.25) is 6.29 Å². The van der Waals surface area contributed by atoms with Crippen molar-refractivity contribution in [3.8, 4) is 0 Å². The summed E-state index contributed by atoms with van der Waals surface area (Å²) >= 11 is 0. The summed E-state index contributed by atoms with van der Waals surface area (Å²) in [6, 6.07) is -1.02. The Hall–Kier alpha value is -0.970. The van der Waals surface area contributed by atoms with Gasteiger partial charge in [-0.25, -0.2) is 15.1 Å². The third-order valence-electron chi connectivity index (χ3n) is 2.12. The lowest BCUT2D eigenvalue weighted by molar-refractivity contribution is -0.311. The van der Waals surface area contributed by atoms with Crippen LogP contribution >= 0.6 is 0 Å². The minimum Gasteiger partial charge on any atom is -0.394 e. The molecular weight excluding hydrogens is 224 g/mol. The van der Waals surface area contributed by atoms with Crippen LogP contribution in [0.15, 0.2) is 0 Å². The third kappa shape index (κ3) is 2.78. The molecule has 0 aromatic rings. The SMILES string of the molecule is NC(=O)NO[C@@H]1O[C@H](CO)[C@@H](O)[C@H](O)[C@H]1O. The lowest BCUT2D eigenvalue weighted by Crippen LogP contribution is -2.60. The number of aliphatic hydroxyl groups excluding tert-OH is 4. The van der Waals surface area contributed by atoms with Crippen molar-refractivity contribution < 1.29 is 34.8 Å². The van der Waals surface area contributed by atoms with E-state index in [1.165, 1.54) is 0 Å². The summed E-state index contributed by atoms with van der Waals surface area (Å²) in [6.45, 7) is -0.582. The average Bonchev–Trinajstić information content (AvgIpc) is 2.25. The van der Waals surface area contributed by atoms with Crippen molar-refractivity contribution >= 4 is 6.03 Å². The molecule has 1 aliphatic heterocycles. The first-order valence-corrected chi connectivity index (χ1v) is 4.49. The number of ether oxygens (including phenoxy) is 1. The van der Waals surface area contributed by atoms with Crippen LogP contribution in [0.1, 0.15) is 0 Å². The normalized spacial score (nSPS) is 39.4. The van der Waals surface area contributed by atoms with Crippen molar-refractivity contribution in [2.24, 2.45) is 5.73 Å². The molecule has 1 heterocycles. The summed E-state index contributed by atoms with van der Waals surface area (Å²) in [5.41, 5.74) is 6.42. The second kappa shape index (κ2) is 5.39. The highest BCUT2D eigenvalue weighted by Crippen LogP contribution is 2.21. The van der Waals surface area contributed by atoms with Gasteiger partial charge in [0.15, 0.2) is 0 Å². The molecule has 2 amide bonds. The zero-order valence-corrected chi connectivity index (χ0v) is 8.18. The van der Waals surface area contributed by atoms with Crippen LogP contribution in [-0.4, -0.2) is 63.8 Å². The predicted molar refractivity (Wildman–Crippen MR) is 47.6 cm³/mol. The number of nitrogens with two attached hydrogens (primary N) is 1. The topological polar surface area (TPSA) is 154 Å². The molecule has 9 heteroatoms. The highest BCUT2D eigenvalue weighted by molar-refractivity contribution is 5.70. The van der Waals surface area contributed by atoms with Crippen molar-refractivity contribution in [2.45, 2.75) is 30.7 Å². The zero-order chi connectivity index (χ0) is 12.3. The molecule has 0 aromatic heterocycles. The average molecular weight is 238 g/mol. The summed E-state index contributed by atoms with van der Waals surface area (Å²) in [5, 5.41) is 36.9. The highest BCUT2D eigenvalue weighted by Gasteiger charge is 2.44. The van der Waals surface area contributed by atoms with Crippen molar-refractivity contribution in [1.82, 2.24) is 5.48 Å². The largest absolute Gasteiger partial charge is 0.394 e. The monoisotopic (exact) mass is 238 g/mol. The molecule has 7 N–H and O–H groups in total. The van der Waals surface area contributed by atoms with E-state index >= 15 is 0 Å². The van der Waals surface area contributed by atoms with Gasteiger partial charge in [0.05, 0.1) is 6.61 Å². The van der Waals surface area contributed by atoms with Crippen LogP contribution in [0.4, 0.5) is 4.79 Å². The number of hydrogen-bond donors (Lipinski definition) is 6. The molecule has 1 aliphatic rings. The standard InChI is InChI=1S/C7H14N2O7/c8-7(14)9-16-6-5(13)4(12)3(11)2(1-10)15-6/h2-6,10-13H,1H2,(H3,8,9,14)/t2-,3-,4+,5-,6+/m1/s1. The molecule has 5 atom stereocenters. The number of nitrogens with one attached hydrogen (secondary N) is 1. The number of primary amides is 1. The highest BCUT2D eigenvalue weighted by atomic mass is 16.8. The van der Waals surface area contributed by atoms with Gasteiger partial charge in [-0.3, -0.25) is 0 Å². The van der Waals surface area contributed by atoms with Crippen LogP contribution in [0.3, 0.4) is 0 Å². The number of urea groups is 1. The number of carbonyl (C=O) groups is 1. The molecule has 0 aliphatic carbocycles. The molecule has 16 heavy (non-hydrogen) atoms. The molecule has 0 unspecified atom stereocenters. The van der Waals surface area contributed by atoms with Gasteiger partial charge in [0, 0.05) is 0 Å². The van der Waals surface area contributed by atoms with Gasteiger partial charge < -0.3 is 30.9 Å². The van der Waals surface area contributed by atoms with E-state index in [2.05, 4.69) is 4.84 Å². The second-order valence-electron chi connectivity index (χ2n) is 3.28. The van der Waals surface area contributed by atoms with Crippen molar-refractivity contribution in [2.75, 3.05) is 6.61 Å². The maximum atomic E-state index is 10.3. The van der Waals surface area contributed by atoms with Crippen LogP contribution in [0.25, 0.3) is 0 Å². The number of aliphatic hydroxyl groups is 4. The number of hydroxylamine groups is 1. The lowest BCUT2D eigenvalue weighted by atomic mass is 9.99. The van der Waals surface area contributed by atoms with Gasteiger partial charge in [0.1, 0.15) is 24.4 Å². The Morgan fingerprint density at radius 2 is 1.94 bits per heavy atom. The fourth-order valence-corrected chi connectivity index (χ4v) is 1.28.